The molecule has 0 N–H and O–H groups in total. The van der Waals surface area contributed by atoms with Crippen LogP contribution < -0.4 is 0 Å². The van der Waals surface area contributed by atoms with Gasteiger partial charge in [0, 0.05) is 0 Å². The summed E-state index contributed by atoms with van der Waals surface area (Å²) in [5.41, 5.74) is -0.546. The van der Waals surface area contributed by atoms with Gasteiger partial charge in [-0.1, -0.05) is 29.3 Å². The standard InChI is InChI=1S/C7H3Cl3F2/c8-4-2-1-3-5(9)6(4)7(10,11)12/h1-3H. The van der Waals surface area contributed by atoms with Crippen molar-refractivity contribution < 1.29 is 8.78 Å². The lowest BCUT2D eigenvalue weighted by atomic mass is 10.2. The summed E-state index contributed by atoms with van der Waals surface area (Å²) in [5, 5.41) is -3.79. The maximum atomic E-state index is 12.6. The summed E-state index contributed by atoms with van der Waals surface area (Å²) in [4.78, 5) is 0. The van der Waals surface area contributed by atoms with Gasteiger partial charge in [0.25, 0.3) is 0 Å². The van der Waals surface area contributed by atoms with Crippen molar-refractivity contribution in [2.45, 2.75) is 5.38 Å². The zero-order valence-corrected chi connectivity index (χ0v) is 7.89. The minimum atomic E-state index is -3.52. The van der Waals surface area contributed by atoms with E-state index in [9.17, 15) is 8.78 Å². The van der Waals surface area contributed by atoms with E-state index in [1.54, 1.807) is 0 Å². The molecule has 0 spiro atoms. The van der Waals surface area contributed by atoms with Crippen LogP contribution in [0.2, 0.25) is 10.0 Å². The molecule has 1 aromatic rings. The highest BCUT2D eigenvalue weighted by Crippen LogP contribution is 2.40. The molecule has 0 atom stereocenters. The average Bonchev–Trinajstić information content (AvgIpc) is 1.82. The van der Waals surface area contributed by atoms with Crippen molar-refractivity contribution in [1.29, 1.82) is 0 Å². The molecular weight excluding hydrogens is 228 g/mol. The average molecular weight is 231 g/mol. The Kier molecular flexibility index (Phi) is 2.81. The Hall–Kier alpha value is -0.0500. The van der Waals surface area contributed by atoms with Gasteiger partial charge in [-0.15, -0.1) is 0 Å². The lowest BCUT2D eigenvalue weighted by Gasteiger charge is -2.11. The van der Waals surface area contributed by atoms with Crippen LogP contribution in [0, 0.1) is 0 Å². The molecule has 0 saturated heterocycles. The SMILES string of the molecule is FC(F)(Cl)c1c(Cl)cccc1Cl. The molecule has 0 fully saturated rings. The minimum Gasteiger partial charge on any atom is -0.183 e. The summed E-state index contributed by atoms with van der Waals surface area (Å²) in [6, 6.07) is 4.08. The molecule has 0 aromatic heterocycles. The second-order valence-electron chi connectivity index (χ2n) is 2.09. The number of rotatable bonds is 1. The first-order valence-corrected chi connectivity index (χ1v) is 4.07. The van der Waals surface area contributed by atoms with Gasteiger partial charge in [0.15, 0.2) is 0 Å². The van der Waals surface area contributed by atoms with E-state index in [0.717, 1.165) is 0 Å². The maximum Gasteiger partial charge on any atom is 0.351 e. The molecule has 0 saturated carbocycles. The Morgan fingerprint density at radius 2 is 1.50 bits per heavy atom. The molecule has 0 unspecified atom stereocenters. The minimum absolute atomic E-state index is 0.137. The van der Waals surface area contributed by atoms with E-state index in [2.05, 4.69) is 0 Å². The topological polar surface area (TPSA) is 0 Å². The van der Waals surface area contributed by atoms with Crippen LogP contribution in [0.4, 0.5) is 8.78 Å². The van der Waals surface area contributed by atoms with E-state index in [1.165, 1.54) is 18.2 Å². The molecule has 0 aliphatic carbocycles. The molecule has 1 rings (SSSR count). The Bertz CT molecular complexity index is 273. The van der Waals surface area contributed by atoms with Gasteiger partial charge in [-0.25, -0.2) is 0 Å². The highest BCUT2D eigenvalue weighted by atomic mass is 35.5. The van der Waals surface area contributed by atoms with Crippen molar-refractivity contribution in [1.82, 2.24) is 0 Å². The molecule has 0 nitrogen and oxygen atoms in total. The first-order chi connectivity index (χ1) is 5.43. The number of alkyl halides is 3. The van der Waals surface area contributed by atoms with Crippen LogP contribution in [0.25, 0.3) is 0 Å². The van der Waals surface area contributed by atoms with Crippen LogP contribution in [0.3, 0.4) is 0 Å². The van der Waals surface area contributed by atoms with Gasteiger partial charge in [-0.05, 0) is 23.7 Å². The normalized spacial score (nSPS) is 11.8. The molecule has 0 aliphatic rings. The van der Waals surface area contributed by atoms with Gasteiger partial charge in [0.05, 0.1) is 15.6 Å². The summed E-state index contributed by atoms with van der Waals surface area (Å²) in [7, 11) is 0. The summed E-state index contributed by atoms with van der Waals surface area (Å²) in [6.45, 7) is 0. The van der Waals surface area contributed by atoms with Gasteiger partial charge >= 0.3 is 5.38 Å². The van der Waals surface area contributed by atoms with Crippen molar-refractivity contribution in [2.75, 3.05) is 0 Å². The molecule has 1 aromatic carbocycles. The number of hydrogen-bond donors (Lipinski definition) is 0. The third-order valence-electron chi connectivity index (χ3n) is 1.25. The van der Waals surface area contributed by atoms with E-state index in [0.29, 0.717) is 0 Å². The molecule has 66 valence electrons. The Labute approximate surface area is 83.0 Å². The largest absolute Gasteiger partial charge is 0.351 e. The van der Waals surface area contributed by atoms with Crippen molar-refractivity contribution in [3.63, 3.8) is 0 Å². The molecule has 0 heterocycles. The van der Waals surface area contributed by atoms with E-state index >= 15 is 0 Å². The number of benzene rings is 1. The smallest absolute Gasteiger partial charge is 0.183 e. The highest BCUT2D eigenvalue weighted by molar-refractivity contribution is 6.37. The third kappa shape index (κ3) is 2.00. The van der Waals surface area contributed by atoms with E-state index < -0.39 is 10.9 Å². The van der Waals surface area contributed by atoms with Crippen LogP contribution >= 0.6 is 34.8 Å². The first kappa shape index (κ1) is 10.0. The van der Waals surface area contributed by atoms with Crippen molar-refractivity contribution >= 4 is 34.8 Å². The molecule has 0 amide bonds. The second kappa shape index (κ2) is 3.36. The fraction of sp³-hybridized carbons (Fsp3) is 0.143. The lowest BCUT2D eigenvalue weighted by Crippen LogP contribution is -2.04. The van der Waals surface area contributed by atoms with Gasteiger partial charge in [0.2, 0.25) is 0 Å². The molecule has 0 aliphatic heterocycles. The van der Waals surface area contributed by atoms with Gasteiger partial charge in [-0.3, -0.25) is 0 Å². The van der Waals surface area contributed by atoms with Crippen molar-refractivity contribution in [3.8, 4) is 0 Å². The summed E-state index contributed by atoms with van der Waals surface area (Å²) in [5.74, 6) is 0. The van der Waals surface area contributed by atoms with Gasteiger partial charge < -0.3 is 0 Å². The predicted octanol–water partition coefficient (Wildman–Crippen LogP) is 4.28. The fourth-order valence-corrected chi connectivity index (χ4v) is 1.70. The predicted molar refractivity (Wildman–Crippen MR) is 46.2 cm³/mol. The third-order valence-corrected chi connectivity index (χ3v) is 2.07. The monoisotopic (exact) mass is 230 g/mol. The quantitative estimate of drug-likeness (QED) is 0.633. The summed E-state index contributed by atoms with van der Waals surface area (Å²) in [6.07, 6.45) is 0. The van der Waals surface area contributed by atoms with Gasteiger partial charge in [0.1, 0.15) is 0 Å². The first-order valence-electron chi connectivity index (χ1n) is 2.94. The zero-order chi connectivity index (χ0) is 9.35. The summed E-state index contributed by atoms with van der Waals surface area (Å²) < 4.78 is 25.1. The highest BCUT2D eigenvalue weighted by Gasteiger charge is 2.32. The Balaban J connectivity index is 3.31. The summed E-state index contributed by atoms with van der Waals surface area (Å²) >= 11 is 15.7. The van der Waals surface area contributed by atoms with E-state index in [4.69, 9.17) is 34.8 Å². The van der Waals surface area contributed by atoms with Crippen LogP contribution in [0.5, 0.6) is 0 Å². The van der Waals surface area contributed by atoms with E-state index in [1.807, 2.05) is 0 Å². The zero-order valence-electron chi connectivity index (χ0n) is 5.62. The number of halogens is 5. The fourth-order valence-electron chi connectivity index (χ4n) is 0.769. The lowest BCUT2D eigenvalue weighted by molar-refractivity contribution is 0.0954. The van der Waals surface area contributed by atoms with Gasteiger partial charge in [-0.2, -0.15) is 8.78 Å². The Morgan fingerprint density at radius 3 is 1.75 bits per heavy atom. The second-order valence-corrected chi connectivity index (χ2v) is 3.38. The maximum absolute atomic E-state index is 12.6. The van der Waals surface area contributed by atoms with Crippen molar-refractivity contribution in [3.05, 3.63) is 33.8 Å². The molecule has 5 heteroatoms. The van der Waals surface area contributed by atoms with Crippen LogP contribution in [-0.2, 0) is 5.38 Å². The Morgan fingerprint density at radius 1 is 1.08 bits per heavy atom. The van der Waals surface area contributed by atoms with Crippen LogP contribution in [0.1, 0.15) is 5.56 Å². The molecular formula is C7H3Cl3F2. The number of hydrogen-bond acceptors (Lipinski definition) is 0. The molecule has 0 bridgehead atoms. The molecule has 0 radical (unpaired) electrons. The molecule has 12 heavy (non-hydrogen) atoms. The van der Waals surface area contributed by atoms with E-state index in [-0.39, 0.29) is 10.0 Å². The van der Waals surface area contributed by atoms with Crippen LogP contribution in [0.15, 0.2) is 18.2 Å². The van der Waals surface area contributed by atoms with Crippen molar-refractivity contribution in [2.24, 2.45) is 0 Å². The van der Waals surface area contributed by atoms with Crippen LogP contribution in [-0.4, -0.2) is 0 Å².